The third-order valence-electron chi connectivity index (χ3n) is 8.57. The van der Waals surface area contributed by atoms with Crippen LogP contribution >= 0.6 is 34.0 Å². The van der Waals surface area contributed by atoms with Crippen LogP contribution in [0.2, 0.25) is 0 Å². The summed E-state index contributed by atoms with van der Waals surface area (Å²) < 4.78 is 3.47. The van der Waals surface area contributed by atoms with Crippen molar-refractivity contribution >= 4 is 71.4 Å². The Morgan fingerprint density at radius 1 is 0.727 bits per heavy atom. The molecule has 14 heteroatoms. The van der Waals surface area contributed by atoms with E-state index in [1.54, 1.807) is 23.0 Å². The van der Waals surface area contributed by atoms with Crippen LogP contribution in [0.15, 0.2) is 9.59 Å². The van der Waals surface area contributed by atoms with Crippen molar-refractivity contribution in [1.82, 2.24) is 29.3 Å². The highest BCUT2D eigenvalue weighted by atomic mass is 32.1. The van der Waals surface area contributed by atoms with Gasteiger partial charge in [0.2, 0.25) is 5.13 Å². The molecule has 7 rings (SSSR count). The molecule has 0 bridgehead atoms. The fraction of sp³-hybridized carbons (Fsp3) is 0.467. The third-order valence-corrected chi connectivity index (χ3v) is 12.0. The fourth-order valence-electron chi connectivity index (χ4n) is 6.17. The van der Waals surface area contributed by atoms with Gasteiger partial charge in [-0.15, -0.1) is 32.9 Å². The molecular formula is C30H31N7O4S3. The number of aromatic nitrogens is 6. The van der Waals surface area contributed by atoms with Crippen LogP contribution in [0.25, 0.3) is 20.4 Å². The molecule has 0 spiro atoms. The van der Waals surface area contributed by atoms with E-state index >= 15 is 0 Å². The first-order valence-electron chi connectivity index (χ1n) is 15.0. The Balaban J connectivity index is 1.37. The smallest absolute Gasteiger partial charge is 0.277 e. The predicted octanol–water partition coefficient (Wildman–Crippen LogP) is 5.20. The maximum absolute atomic E-state index is 14.4. The Kier molecular flexibility index (Phi) is 7.53. The Morgan fingerprint density at radius 2 is 1.23 bits per heavy atom. The number of carbonyl (C=O) groups is 2. The first-order chi connectivity index (χ1) is 21.3. The minimum absolute atomic E-state index is 0.145. The van der Waals surface area contributed by atoms with Gasteiger partial charge in [0.15, 0.2) is 0 Å². The van der Waals surface area contributed by atoms with E-state index in [0.717, 1.165) is 77.7 Å². The third kappa shape index (κ3) is 4.65. The van der Waals surface area contributed by atoms with E-state index in [0.29, 0.717) is 68.9 Å². The lowest BCUT2D eigenvalue weighted by Gasteiger charge is -2.17. The van der Waals surface area contributed by atoms with Crippen molar-refractivity contribution in [3.8, 4) is 0 Å². The molecule has 11 nitrogen and oxygen atoms in total. The molecule has 0 fully saturated rings. The molecule has 2 aliphatic rings. The van der Waals surface area contributed by atoms with Crippen LogP contribution in [-0.4, -0.2) is 41.1 Å². The average molecular weight is 650 g/mol. The normalized spacial score (nSPS) is 15.2. The molecule has 0 unspecified atom stereocenters. The van der Waals surface area contributed by atoms with Gasteiger partial charge in [-0.1, -0.05) is 31.1 Å². The molecule has 2 amide bonds. The monoisotopic (exact) mass is 649 g/mol. The van der Waals surface area contributed by atoms with Crippen molar-refractivity contribution in [3.05, 3.63) is 58.2 Å². The molecule has 0 saturated carbocycles. The Labute approximate surface area is 264 Å². The zero-order chi connectivity index (χ0) is 30.7. The van der Waals surface area contributed by atoms with Crippen molar-refractivity contribution < 1.29 is 9.59 Å². The van der Waals surface area contributed by atoms with E-state index in [-0.39, 0.29) is 26.0 Å². The second-order valence-electron chi connectivity index (χ2n) is 11.3. The fourth-order valence-corrected chi connectivity index (χ4v) is 9.19. The van der Waals surface area contributed by atoms with Gasteiger partial charge < -0.3 is 0 Å². The summed E-state index contributed by atoms with van der Waals surface area (Å²) in [5.74, 6) is 0.295. The van der Waals surface area contributed by atoms with E-state index in [4.69, 9.17) is 9.97 Å². The number of hydrogen-bond acceptors (Lipinski definition) is 11. The zero-order valence-electron chi connectivity index (χ0n) is 24.8. The molecule has 0 aromatic carbocycles. The molecule has 0 N–H and O–H groups in total. The highest BCUT2D eigenvalue weighted by Gasteiger charge is 2.35. The standard InChI is InChI=1S/C30H31N7O4S3/c1-4-19-33-34-30(42-19)37(28(40)22-15(2)20-24(43-22)31-17-11-7-5-9-13-35(17)26(20)38)29(41)23-16(3)21-25(44-23)32-18-12-8-6-10-14-36(18)27(21)39/h4-14H2,1-3H3. The first-order valence-corrected chi connectivity index (χ1v) is 17.5. The number of nitrogens with zero attached hydrogens (tertiary/aromatic N) is 7. The number of thiophene rings is 2. The lowest BCUT2D eigenvalue weighted by atomic mass is 10.1. The van der Waals surface area contributed by atoms with Crippen LogP contribution in [0.3, 0.4) is 0 Å². The number of rotatable bonds is 4. The highest BCUT2D eigenvalue weighted by Crippen LogP contribution is 2.35. The summed E-state index contributed by atoms with van der Waals surface area (Å²) in [4.78, 5) is 68.2. The van der Waals surface area contributed by atoms with Crippen LogP contribution in [0, 0.1) is 13.8 Å². The van der Waals surface area contributed by atoms with Crippen molar-refractivity contribution in [1.29, 1.82) is 0 Å². The molecule has 0 aliphatic carbocycles. The number of aryl methyl sites for hydroxylation is 5. The Hall–Kier alpha value is -3.62. The van der Waals surface area contributed by atoms with Gasteiger partial charge in [-0.2, -0.15) is 0 Å². The van der Waals surface area contributed by atoms with Gasteiger partial charge in [-0.3, -0.25) is 28.3 Å². The maximum Gasteiger partial charge on any atom is 0.277 e. The van der Waals surface area contributed by atoms with Crippen molar-refractivity contribution in [2.24, 2.45) is 0 Å². The minimum Gasteiger partial charge on any atom is -0.296 e. The second kappa shape index (κ2) is 11.4. The molecule has 2 aliphatic heterocycles. The second-order valence-corrected chi connectivity index (χ2v) is 14.4. The number of imide groups is 1. The van der Waals surface area contributed by atoms with E-state index < -0.39 is 11.8 Å². The summed E-state index contributed by atoms with van der Waals surface area (Å²) in [6, 6.07) is 0. The summed E-state index contributed by atoms with van der Waals surface area (Å²) in [5, 5.41) is 10.1. The molecule has 5 aromatic rings. The molecule has 0 saturated heterocycles. The number of carbonyl (C=O) groups excluding carboxylic acids is 2. The van der Waals surface area contributed by atoms with Gasteiger partial charge in [0.25, 0.3) is 22.9 Å². The molecular weight excluding hydrogens is 619 g/mol. The van der Waals surface area contributed by atoms with Crippen LogP contribution in [0.5, 0.6) is 0 Å². The van der Waals surface area contributed by atoms with Crippen molar-refractivity contribution in [2.45, 2.75) is 91.6 Å². The van der Waals surface area contributed by atoms with Gasteiger partial charge in [0, 0.05) is 25.9 Å². The summed E-state index contributed by atoms with van der Waals surface area (Å²) >= 11 is 3.43. The van der Waals surface area contributed by atoms with E-state index in [1.807, 2.05) is 6.92 Å². The maximum atomic E-state index is 14.4. The Morgan fingerprint density at radius 3 is 1.68 bits per heavy atom. The van der Waals surface area contributed by atoms with Crippen LogP contribution < -0.4 is 16.0 Å². The van der Waals surface area contributed by atoms with Crippen LogP contribution in [0.1, 0.15) is 92.6 Å². The summed E-state index contributed by atoms with van der Waals surface area (Å²) in [6.45, 7) is 6.61. The quantitative estimate of drug-likeness (QED) is 0.243. The van der Waals surface area contributed by atoms with Crippen LogP contribution in [0.4, 0.5) is 5.13 Å². The lowest BCUT2D eigenvalue weighted by Crippen LogP contribution is -2.37. The molecule has 0 atom stereocenters. The zero-order valence-corrected chi connectivity index (χ0v) is 27.2. The summed E-state index contributed by atoms with van der Waals surface area (Å²) in [7, 11) is 0. The van der Waals surface area contributed by atoms with Gasteiger partial charge in [0.1, 0.15) is 26.3 Å². The van der Waals surface area contributed by atoms with Crippen molar-refractivity contribution in [2.75, 3.05) is 4.90 Å². The number of fused-ring (bicyclic) bond motifs is 4. The van der Waals surface area contributed by atoms with Crippen molar-refractivity contribution in [3.63, 3.8) is 0 Å². The SMILES string of the molecule is CCc1nnc(N(C(=O)c2sc3nc4n(c(=O)c3c2C)CCCCC4)C(=O)c2sc3nc4n(c(=O)c3c2C)CCCCC4)s1. The van der Waals surface area contributed by atoms with Crippen LogP contribution in [-0.2, 0) is 32.4 Å². The van der Waals surface area contributed by atoms with Gasteiger partial charge in [0.05, 0.1) is 20.5 Å². The summed E-state index contributed by atoms with van der Waals surface area (Å²) in [6.07, 6.45) is 7.84. The molecule has 7 heterocycles. The average Bonchev–Trinajstić information content (AvgIpc) is 3.56. The van der Waals surface area contributed by atoms with E-state index in [9.17, 15) is 19.2 Å². The molecule has 228 valence electrons. The van der Waals surface area contributed by atoms with Gasteiger partial charge >= 0.3 is 0 Å². The van der Waals surface area contributed by atoms with Gasteiger partial charge in [-0.05, 0) is 57.1 Å². The topological polar surface area (TPSA) is 133 Å². The molecule has 0 radical (unpaired) electrons. The Bertz CT molecular complexity index is 1970. The van der Waals surface area contributed by atoms with Gasteiger partial charge in [-0.25, -0.2) is 14.9 Å². The minimum atomic E-state index is -0.591. The van der Waals surface area contributed by atoms with E-state index in [1.165, 1.54) is 11.3 Å². The molecule has 5 aromatic heterocycles. The highest BCUT2D eigenvalue weighted by molar-refractivity contribution is 7.22. The number of amides is 2. The molecule has 44 heavy (non-hydrogen) atoms. The van der Waals surface area contributed by atoms with E-state index in [2.05, 4.69) is 10.2 Å². The number of hydrogen-bond donors (Lipinski definition) is 0. The predicted molar refractivity (Wildman–Crippen MR) is 173 cm³/mol. The lowest BCUT2D eigenvalue weighted by molar-refractivity contribution is 0.0901. The number of anilines is 1. The summed E-state index contributed by atoms with van der Waals surface area (Å²) in [5.41, 5.74) is 0.713. The first kappa shape index (κ1) is 29.1. The largest absolute Gasteiger partial charge is 0.296 e.